The minimum Gasteiger partial charge on any atom is -0.495 e. The van der Waals surface area contributed by atoms with Gasteiger partial charge < -0.3 is 9.64 Å². The van der Waals surface area contributed by atoms with E-state index in [4.69, 9.17) is 4.74 Å². The van der Waals surface area contributed by atoms with Gasteiger partial charge in [0.15, 0.2) is 0 Å². The Morgan fingerprint density at radius 1 is 1.12 bits per heavy atom. The number of hydrogen-bond acceptors (Lipinski definition) is 6. The Kier molecular flexibility index (Phi) is 5.36. The molecule has 1 saturated heterocycles. The van der Waals surface area contributed by atoms with Crippen LogP contribution in [-0.4, -0.2) is 48.9 Å². The lowest BCUT2D eigenvalue weighted by atomic mass is 10.1. The fourth-order valence-corrected chi connectivity index (χ4v) is 3.04. The summed E-state index contributed by atoms with van der Waals surface area (Å²) in [7, 11) is 1.68. The molecule has 1 fully saturated rings. The topological polar surface area (TPSA) is 71.2 Å². The largest absolute Gasteiger partial charge is 0.495 e. The minimum absolute atomic E-state index is 0.0815. The number of hydrogen-bond donors (Lipinski definition) is 0. The van der Waals surface area contributed by atoms with Crippen molar-refractivity contribution >= 4 is 17.1 Å². The second-order valence-corrected chi connectivity index (χ2v) is 6.11. The first-order valence-electron chi connectivity index (χ1n) is 8.51. The average Bonchev–Trinajstić information content (AvgIpc) is 2.68. The summed E-state index contributed by atoms with van der Waals surface area (Å²) in [6.45, 7) is 5.12. The van der Waals surface area contributed by atoms with Crippen molar-refractivity contribution in [1.29, 1.82) is 0 Å². The van der Waals surface area contributed by atoms with Crippen LogP contribution in [0.25, 0.3) is 0 Å². The molecule has 7 nitrogen and oxygen atoms in total. The second-order valence-electron chi connectivity index (χ2n) is 6.11. The number of methoxy groups -OCH3 is 1. The summed E-state index contributed by atoms with van der Waals surface area (Å²) < 4.78 is 5.44. The molecule has 0 aliphatic carbocycles. The van der Waals surface area contributed by atoms with E-state index in [2.05, 4.69) is 16.1 Å². The van der Waals surface area contributed by atoms with Gasteiger partial charge in [-0.05, 0) is 19.1 Å². The van der Waals surface area contributed by atoms with Gasteiger partial charge in [-0.1, -0.05) is 24.3 Å². The van der Waals surface area contributed by atoms with Crippen LogP contribution in [0.5, 0.6) is 5.75 Å². The average molecular weight is 354 g/mol. The summed E-state index contributed by atoms with van der Waals surface area (Å²) >= 11 is 0. The van der Waals surface area contributed by atoms with Gasteiger partial charge >= 0.3 is 0 Å². The smallest absolute Gasteiger partial charge is 0.270 e. The molecule has 136 valence electrons. The van der Waals surface area contributed by atoms with Gasteiger partial charge in [-0.25, -0.2) is 0 Å². The van der Waals surface area contributed by atoms with Crippen LogP contribution in [-0.2, 0) is 0 Å². The molecule has 1 heterocycles. The molecule has 0 amide bonds. The number of nitrogens with zero attached hydrogens (tertiary/aromatic N) is 4. The highest BCUT2D eigenvalue weighted by Gasteiger charge is 2.19. The molecule has 2 aromatic rings. The van der Waals surface area contributed by atoms with Gasteiger partial charge in [-0.2, -0.15) is 5.10 Å². The van der Waals surface area contributed by atoms with Crippen molar-refractivity contribution in [2.24, 2.45) is 5.10 Å². The Bertz CT molecular complexity index is 814. The van der Waals surface area contributed by atoms with Gasteiger partial charge in [0.25, 0.3) is 5.69 Å². The molecule has 0 aromatic heterocycles. The van der Waals surface area contributed by atoms with E-state index in [0.717, 1.165) is 48.9 Å². The number of para-hydroxylation sites is 2. The summed E-state index contributed by atoms with van der Waals surface area (Å²) in [5.41, 5.74) is 2.72. The molecule has 0 atom stereocenters. The summed E-state index contributed by atoms with van der Waals surface area (Å²) in [5.74, 6) is 0.872. The molecule has 0 N–H and O–H groups in total. The summed E-state index contributed by atoms with van der Waals surface area (Å²) in [6, 6.07) is 14.6. The molecule has 2 aromatic carbocycles. The van der Waals surface area contributed by atoms with Crippen molar-refractivity contribution in [2.75, 3.05) is 38.2 Å². The lowest BCUT2D eigenvalue weighted by Crippen LogP contribution is -2.44. The van der Waals surface area contributed by atoms with E-state index in [0.29, 0.717) is 0 Å². The van der Waals surface area contributed by atoms with Gasteiger partial charge in [0.2, 0.25) is 0 Å². The maximum atomic E-state index is 10.9. The highest BCUT2D eigenvalue weighted by atomic mass is 16.6. The van der Waals surface area contributed by atoms with Crippen LogP contribution in [0, 0.1) is 10.1 Å². The first kappa shape index (κ1) is 17.7. The zero-order chi connectivity index (χ0) is 18.5. The van der Waals surface area contributed by atoms with Gasteiger partial charge in [-0.15, -0.1) is 0 Å². The lowest BCUT2D eigenvalue weighted by molar-refractivity contribution is -0.384. The number of nitro groups is 1. The van der Waals surface area contributed by atoms with E-state index in [-0.39, 0.29) is 10.6 Å². The molecule has 0 saturated carbocycles. The van der Waals surface area contributed by atoms with Crippen molar-refractivity contribution in [3.63, 3.8) is 0 Å². The summed E-state index contributed by atoms with van der Waals surface area (Å²) in [6.07, 6.45) is 0. The standard InChI is InChI=1S/C19H22N4O3/c1-15(16-6-5-7-17(14-16)23(24)25)20-22-12-10-21(11-13-22)18-8-3-4-9-19(18)26-2/h3-9,14H,10-13H2,1-2H3. The van der Waals surface area contributed by atoms with Gasteiger partial charge in [-0.3, -0.25) is 15.1 Å². The number of benzene rings is 2. The normalized spacial score (nSPS) is 15.1. The second kappa shape index (κ2) is 7.86. The molecular formula is C19H22N4O3. The highest BCUT2D eigenvalue weighted by molar-refractivity contribution is 5.99. The summed E-state index contributed by atoms with van der Waals surface area (Å²) in [5, 5.41) is 17.6. The van der Waals surface area contributed by atoms with Crippen molar-refractivity contribution in [3.8, 4) is 5.75 Å². The third-order valence-electron chi connectivity index (χ3n) is 4.45. The Morgan fingerprint density at radius 3 is 2.54 bits per heavy atom. The van der Waals surface area contributed by atoms with Crippen LogP contribution < -0.4 is 9.64 Å². The van der Waals surface area contributed by atoms with Crippen LogP contribution in [0.4, 0.5) is 11.4 Å². The molecule has 1 aliphatic heterocycles. The first-order chi connectivity index (χ1) is 12.6. The van der Waals surface area contributed by atoms with Gasteiger partial charge in [0.05, 0.1) is 36.5 Å². The molecule has 0 spiro atoms. The maximum absolute atomic E-state index is 10.9. The Balaban J connectivity index is 1.67. The Morgan fingerprint density at radius 2 is 1.85 bits per heavy atom. The molecule has 7 heteroatoms. The maximum Gasteiger partial charge on any atom is 0.270 e. The predicted octanol–water partition coefficient (Wildman–Crippen LogP) is 3.15. The molecule has 3 rings (SSSR count). The van der Waals surface area contributed by atoms with Crippen molar-refractivity contribution in [2.45, 2.75) is 6.92 Å². The highest BCUT2D eigenvalue weighted by Crippen LogP contribution is 2.28. The van der Waals surface area contributed by atoms with Crippen molar-refractivity contribution < 1.29 is 9.66 Å². The van der Waals surface area contributed by atoms with Gasteiger partial charge in [0, 0.05) is 30.8 Å². The quantitative estimate of drug-likeness (QED) is 0.469. The Labute approximate surface area is 152 Å². The minimum atomic E-state index is -0.386. The third kappa shape index (κ3) is 3.93. The van der Waals surface area contributed by atoms with E-state index in [9.17, 15) is 10.1 Å². The van der Waals surface area contributed by atoms with E-state index >= 15 is 0 Å². The third-order valence-corrected chi connectivity index (χ3v) is 4.45. The zero-order valence-electron chi connectivity index (χ0n) is 15.0. The molecule has 0 unspecified atom stereocenters. The Hall–Kier alpha value is -3.09. The number of anilines is 1. The monoisotopic (exact) mass is 354 g/mol. The van der Waals surface area contributed by atoms with Crippen molar-refractivity contribution in [3.05, 3.63) is 64.2 Å². The van der Waals surface area contributed by atoms with Crippen LogP contribution in [0.1, 0.15) is 12.5 Å². The molecular weight excluding hydrogens is 332 g/mol. The van der Waals surface area contributed by atoms with E-state index < -0.39 is 0 Å². The molecule has 1 aliphatic rings. The molecule has 0 radical (unpaired) electrons. The fourth-order valence-electron chi connectivity index (χ4n) is 3.04. The first-order valence-corrected chi connectivity index (χ1v) is 8.51. The SMILES string of the molecule is COc1ccccc1N1CCN(N=C(C)c2cccc([N+](=O)[O-])c2)CC1. The fraction of sp³-hybridized carbons (Fsp3) is 0.316. The van der Waals surface area contributed by atoms with Crippen LogP contribution in [0.2, 0.25) is 0 Å². The number of piperazine rings is 1. The number of ether oxygens (including phenoxy) is 1. The zero-order valence-corrected chi connectivity index (χ0v) is 15.0. The molecule has 26 heavy (non-hydrogen) atoms. The van der Waals surface area contributed by atoms with E-state index in [1.807, 2.05) is 36.2 Å². The van der Waals surface area contributed by atoms with Gasteiger partial charge in [0.1, 0.15) is 5.75 Å². The number of non-ortho nitro benzene ring substituents is 1. The van der Waals surface area contributed by atoms with E-state index in [1.165, 1.54) is 6.07 Å². The summed E-state index contributed by atoms with van der Waals surface area (Å²) in [4.78, 5) is 12.8. The number of rotatable bonds is 5. The molecule has 0 bridgehead atoms. The van der Waals surface area contributed by atoms with Crippen LogP contribution in [0.3, 0.4) is 0 Å². The lowest BCUT2D eigenvalue weighted by Gasteiger charge is -2.35. The van der Waals surface area contributed by atoms with Crippen molar-refractivity contribution in [1.82, 2.24) is 5.01 Å². The predicted molar refractivity (Wildman–Crippen MR) is 102 cm³/mol. The number of nitro benzene ring substituents is 1. The van der Waals surface area contributed by atoms with Crippen LogP contribution in [0.15, 0.2) is 53.6 Å². The van der Waals surface area contributed by atoms with E-state index in [1.54, 1.807) is 19.2 Å². The van der Waals surface area contributed by atoms with Crippen LogP contribution >= 0.6 is 0 Å². The number of hydrazone groups is 1.